The number of thiazole rings is 1. The van der Waals surface area contributed by atoms with Gasteiger partial charge in [-0.05, 0) is 52.0 Å². The van der Waals surface area contributed by atoms with Gasteiger partial charge in [-0.1, -0.05) is 55.8 Å². The average Bonchev–Trinajstić information content (AvgIpc) is 3.51. The van der Waals surface area contributed by atoms with Gasteiger partial charge in [0.25, 0.3) is 0 Å². The Labute approximate surface area is 207 Å². The second-order valence-corrected chi connectivity index (χ2v) is 10.6. The van der Waals surface area contributed by atoms with Gasteiger partial charge in [-0.2, -0.15) is 0 Å². The van der Waals surface area contributed by atoms with E-state index in [1.807, 2.05) is 24.8 Å². The van der Waals surface area contributed by atoms with E-state index in [0.717, 1.165) is 23.5 Å². The van der Waals surface area contributed by atoms with Crippen LogP contribution in [0.5, 0.6) is 0 Å². The Bertz CT molecular complexity index is 1030. The van der Waals surface area contributed by atoms with Crippen LogP contribution in [0, 0.1) is 5.92 Å². The molecule has 0 radical (unpaired) electrons. The van der Waals surface area contributed by atoms with Crippen LogP contribution >= 0.6 is 11.3 Å². The Balaban J connectivity index is 1.91. The predicted octanol–water partition coefficient (Wildman–Crippen LogP) is 4.57. The van der Waals surface area contributed by atoms with Crippen molar-refractivity contribution in [2.45, 2.75) is 77.9 Å². The zero-order chi connectivity index (χ0) is 25.0. The maximum atomic E-state index is 13.5. The number of nitrogens with one attached hydrogen (secondary N) is 1. The summed E-state index contributed by atoms with van der Waals surface area (Å²) in [5, 5.41) is 5.94. The van der Waals surface area contributed by atoms with Gasteiger partial charge in [0.05, 0.1) is 23.2 Å². The highest BCUT2D eigenvalue weighted by atomic mass is 32.1. The molecule has 2 aromatic rings. The summed E-state index contributed by atoms with van der Waals surface area (Å²) in [6.07, 6.45) is 3.93. The van der Waals surface area contributed by atoms with Gasteiger partial charge in [0.1, 0.15) is 11.0 Å². The molecule has 0 bridgehead atoms. The number of aromatic nitrogens is 1. The van der Waals surface area contributed by atoms with E-state index in [2.05, 4.69) is 61.8 Å². The zero-order valence-corrected chi connectivity index (χ0v) is 22.0. The van der Waals surface area contributed by atoms with Crippen LogP contribution in [-0.2, 0) is 15.0 Å². The Morgan fingerprint density at radius 1 is 1.26 bits per heavy atom. The Kier molecular flexibility index (Phi) is 8.31. The van der Waals surface area contributed by atoms with E-state index < -0.39 is 12.1 Å². The molecule has 2 heterocycles. The molecular formula is C27H38N4O2S. The largest absolute Gasteiger partial charge is 0.343 e. The van der Waals surface area contributed by atoms with Crippen LogP contribution in [-0.4, -0.2) is 40.3 Å². The fourth-order valence-electron chi connectivity index (χ4n) is 4.57. The number of hydrogen-bond acceptors (Lipinski definition) is 5. The van der Waals surface area contributed by atoms with Gasteiger partial charge in [0.2, 0.25) is 11.8 Å². The molecule has 3 N–H and O–H groups in total. The fraction of sp³-hybridized carbons (Fsp3) is 0.519. The third-order valence-electron chi connectivity index (χ3n) is 7.07. The van der Waals surface area contributed by atoms with Crippen molar-refractivity contribution in [3.05, 3.63) is 63.6 Å². The summed E-state index contributed by atoms with van der Waals surface area (Å²) < 4.78 is 0. The van der Waals surface area contributed by atoms with Crippen molar-refractivity contribution < 1.29 is 9.59 Å². The number of nitrogens with two attached hydrogens (primary N) is 1. The monoisotopic (exact) mass is 482 g/mol. The lowest BCUT2D eigenvalue weighted by molar-refractivity contribution is -0.138. The first-order valence-corrected chi connectivity index (χ1v) is 13.0. The third kappa shape index (κ3) is 5.10. The SMILES string of the molecule is C/C=C(\C)C(C)(c1ccccc1)c1csc([C@@H]2CCCN2C(=O)C(NC(=O)[C@H](C)N)C(C)C)n1. The lowest BCUT2D eigenvalue weighted by atomic mass is 9.74. The second-order valence-electron chi connectivity index (χ2n) is 9.74. The maximum Gasteiger partial charge on any atom is 0.246 e. The number of amides is 2. The molecule has 1 fully saturated rings. The molecule has 2 unspecified atom stereocenters. The molecule has 1 aliphatic heterocycles. The summed E-state index contributed by atoms with van der Waals surface area (Å²) >= 11 is 1.62. The Hall–Kier alpha value is -2.51. The van der Waals surface area contributed by atoms with Gasteiger partial charge in [0.15, 0.2) is 0 Å². The van der Waals surface area contributed by atoms with Crippen LogP contribution in [0.2, 0.25) is 0 Å². The minimum atomic E-state index is -0.657. The molecule has 184 valence electrons. The molecule has 2 amide bonds. The van der Waals surface area contributed by atoms with Crippen molar-refractivity contribution >= 4 is 23.2 Å². The summed E-state index contributed by atoms with van der Waals surface area (Å²) in [5.41, 5.74) is 8.81. The first-order chi connectivity index (χ1) is 16.1. The highest BCUT2D eigenvalue weighted by Gasteiger charge is 2.39. The number of carbonyl (C=O) groups is 2. The Morgan fingerprint density at radius 3 is 2.53 bits per heavy atom. The van der Waals surface area contributed by atoms with Crippen molar-refractivity contribution in [2.75, 3.05) is 6.54 Å². The van der Waals surface area contributed by atoms with Gasteiger partial charge < -0.3 is 16.0 Å². The number of carbonyl (C=O) groups excluding carboxylic acids is 2. The lowest BCUT2D eigenvalue weighted by Gasteiger charge is -2.31. The van der Waals surface area contributed by atoms with Crippen molar-refractivity contribution in [3.63, 3.8) is 0 Å². The van der Waals surface area contributed by atoms with Gasteiger partial charge in [-0.3, -0.25) is 9.59 Å². The fourth-order valence-corrected chi connectivity index (χ4v) is 5.65. The predicted molar refractivity (Wildman–Crippen MR) is 139 cm³/mol. The van der Waals surface area contributed by atoms with Crippen LogP contribution in [0.3, 0.4) is 0 Å². The maximum absolute atomic E-state index is 13.5. The minimum absolute atomic E-state index is 0.0398. The van der Waals surface area contributed by atoms with Crippen molar-refractivity contribution in [3.8, 4) is 0 Å². The van der Waals surface area contributed by atoms with E-state index in [9.17, 15) is 9.59 Å². The third-order valence-corrected chi connectivity index (χ3v) is 8.02. The molecule has 1 saturated heterocycles. The molecule has 1 aliphatic rings. The van der Waals surface area contributed by atoms with E-state index in [4.69, 9.17) is 10.7 Å². The zero-order valence-electron chi connectivity index (χ0n) is 21.2. The number of allylic oxidation sites excluding steroid dienone is 2. The van der Waals surface area contributed by atoms with Crippen LogP contribution in [0.4, 0.5) is 0 Å². The Morgan fingerprint density at radius 2 is 1.94 bits per heavy atom. The number of rotatable bonds is 8. The van der Waals surface area contributed by atoms with Gasteiger partial charge in [0, 0.05) is 11.9 Å². The molecule has 0 spiro atoms. The van der Waals surface area contributed by atoms with Crippen LogP contribution < -0.4 is 11.1 Å². The number of likely N-dealkylation sites (tertiary alicyclic amines) is 1. The topological polar surface area (TPSA) is 88.3 Å². The quantitative estimate of drug-likeness (QED) is 0.540. The molecular weight excluding hydrogens is 444 g/mol. The van der Waals surface area contributed by atoms with Gasteiger partial charge in [-0.25, -0.2) is 4.98 Å². The first-order valence-electron chi connectivity index (χ1n) is 12.1. The molecule has 3 rings (SSSR count). The van der Waals surface area contributed by atoms with Crippen LogP contribution in [0.25, 0.3) is 0 Å². The molecule has 6 nitrogen and oxygen atoms in total. The number of hydrogen-bond donors (Lipinski definition) is 2. The van der Waals surface area contributed by atoms with E-state index in [0.29, 0.717) is 6.54 Å². The highest BCUT2D eigenvalue weighted by molar-refractivity contribution is 7.09. The van der Waals surface area contributed by atoms with Crippen molar-refractivity contribution in [2.24, 2.45) is 11.7 Å². The van der Waals surface area contributed by atoms with E-state index >= 15 is 0 Å². The van der Waals surface area contributed by atoms with E-state index in [1.165, 1.54) is 11.1 Å². The second kappa shape index (κ2) is 10.8. The normalized spacial score (nSPS) is 20.2. The molecule has 7 heteroatoms. The van der Waals surface area contributed by atoms with Gasteiger partial charge in [-0.15, -0.1) is 11.3 Å². The number of benzene rings is 1. The summed E-state index contributed by atoms with van der Waals surface area (Å²) in [6, 6.07) is 9.10. The molecule has 1 aromatic heterocycles. The lowest BCUT2D eigenvalue weighted by Crippen LogP contribution is -2.54. The van der Waals surface area contributed by atoms with Gasteiger partial charge >= 0.3 is 0 Å². The van der Waals surface area contributed by atoms with Crippen LogP contribution in [0.15, 0.2) is 47.4 Å². The average molecular weight is 483 g/mol. The van der Waals surface area contributed by atoms with Crippen LogP contribution in [0.1, 0.15) is 76.7 Å². The molecule has 1 aromatic carbocycles. The smallest absolute Gasteiger partial charge is 0.246 e. The highest BCUT2D eigenvalue weighted by Crippen LogP contribution is 2.42. The summed E-state index contributed by atoms with van der Waals surface area (Å²) in [7, 11) is 0. The molecule has 0 saturated carbocycles. The van der Waals surface area contributed by atoms with Crippen molar-refractivity contribution in [1.82, 2.24) is 15.2 Å². The first kappa shape index (κ1) is 26.1. The summed E-state index contributed by atoms with van der Waals surface area (Å²) in [5.74, 6) is -0.402. The molecule has 4 atom stereocenters. The van der Waals surface area contributed by atoms with Crippen molar-refractivity contribution in [1.29, 1.82) is 0 Å². The number of nitrogens with zero attached hydrogens (tertiary/aromatic N) is 2. The molecule has 0 aliphatic carbocycles. The summed E-state index contributed by atoms with van der Waals surface area (Å²) in [6.45, 7) is 12.6. The summed E-state index contributed by atoms with van der Waals surface area (Å²) in [4.78, 5) is 32.8. The minimum Gasteiger partial charge on any atom is -0.343 e. The molecule has 34 heavy (non-hydrogen) atoms. The standard InChI is InChI=1S/C27H38N4O2S/c1-7-18(4)27(6,20-12-9-8-10-13-20)22-16-34-25(29-22)21-14-11-15-31(21)26(33)23(17(2)3)30-24(32)19(5)28/h7-10,12-13,16-17,19,21,23H,11,14-15,28H2,1-6H3,(H,30,32)/b18-7+/t19-,21-,23?,27?/m0/s1. The van der Waals surface area contributed by atoms with E-state index in [1.54, 1.807) is 18.3 Å². The van der Waals surface area contributed by atoms with E-state index in [-0.39, 0.29) is 29.2 Å².